The molecule has 0 radical (unpaired) electrons. The van der Waals surface area contributed by atoms with Crippen LogP contribution in [-0.2, 0) is 11.2 Å². The van der Waals surface area contributed by atoms with Gasteiger partial charge in [0.2, 0.25) is 5.91 Å². The predicted octanol–water partition coefficient (Wildman–Crippen LogP) is 3.52. The number of carbonyl (C=O) groups excluding carboxylic acids is 1. The lowest BCUT2D eigenvalue weighted by atomic mass is 10.1. The number of rotatable bonds is 9. The summed E-state index contributed by atoms with van der Waals surface area (Å²) in [5, 5.41) is 11.3. The number of thiophene rings is 1. The topological polar surface area (TPSA) is 65.5 Å². The van der Waals surface area contributed by atoms with Crippen LogP contribution >= 0.6 is 35.3 Å². The summed E-state index contributed by atoms with van der Waals surface area (Å²) in [5.74, 6) is 0.646. The van der Waals surface area contributed by atoms with Gasteiger partial charge in [-0.15, -0.1) is 35.3 Å². The third-order valence-electron chi connectivity index (χ3n) is 3.89. The van der Waals surface area contributed by atoms with Gasteiger partial charge in [0.15, 0.2) is 5.96 Å². The molecule has 5 nitrogen and oxygen atoms in total. The highest BCUT2D eigenvalue weighted by Crippen LogP contribution is 2.20. The van der Waals surface area contributed by atoms with Crippen LogP contribution in [-0.4, -0.2) is 38.0 Å². The zero-order chi connectivity index (χ0) is 19.5. The quantitative estimate of drug-likeness (QED) is 0.206. The lowest BCUT2D eigenvalue weighted by Crippen LogP contribution is -2.42. The van der Waals surface area contributed by atoms with E-state index in [0.29, 0.717) is 31.1 Å². The largest absolute Gasteiger partial charge is 0.357 e. The number of benzene rings is 1. The predicted molar refractivity (Wildman–Crippen MR) is 125 cm³/mol. The Bertz CT molecular complexity index is 740. The van der Waals surface area contributed by atoms with E-state index in [0.717, 1.165) is 12.5 Å². The first kappa shape index (κ1) is 24.4. The van der Waals surface area contributed by atoms with Gasteiger partial charge in [-0.05, 0) is 36.1 Å². The van der Waals surface area contributed by atoms with Gasteiger partial charge in [-0.2, -0.15) is 0 Å². The maximum Gasteiger partial charge on any atom is 0.224 e. The molecule has 0 fully saturated rings. The highest BCUT2D eigenvalue weighted by Gasteiger charge is 2.07. The van der Waals surface area contributed by atoms with E-state index in [9.17, 15) is 9.18 Å². The zero-order valence-electron chi connectivity index (χ0n) is 16.2. The van der Waals surface area contributed by atoms with E-state index in [4.69, 9.17) is 0 Å². The molecule has 0 bridgehead atoms. The number of halogens is 2. The molecular weight excluding hydrogens is 490 g/mol. The van der Waals surface area contributed by atoms with Crippen molar-refractivity contribution in [1.82, 2.24) is 16.0 Å². The number of nitrogens with zero attached hydrogens (tertiary/aromatic N) is 1. The van der Waals surface area contributed by atoms with Crippen molar-refractivity contribution in [2.45, 2.75) is 26.2 Å². The summed E-state index contributed by atoms with van der Waals surface area (Å²) in [7, 11) is 0. The Morgan fingerprint density at radius 2 is 1.96 bits per heavy atom. The molecule has 154 valence electrons. The molecule has 1 amide bonds. The van der Waals surface area contributed by atoms with Gasteiger partial charge in [-0.3, -0.25) is 9.79 Å². The van der Waals surface area contributed by atoms with E-state index in [2.05, 4.69) is 45.4 Å². The molecule has 2 aromatic rings. The molecule has 1 unspecified atom stereocenters. The van der Waals surface area contributed by atoms with Crippen LogP contribution in [0.15, 0.2) is 46.8 Å². The highest BCUT2D eigenvalue weighted by molar-refractivity contribution is 14.0. The van der Waals surface area contributed by atoms with Crippen molar-refractivity contribution in [1.29, 1.82) is 0 Å². The van der Waals surface area contributed by atoms with Crippen molar-refractivity contribution in [3.05, 3.63) is 58.0 Å². The van der Waals surface area contributed by atoms with Crippen LogP contribution in [0.5, 0.6) is 0 Å². The second kappa shape index (κ2) is 13.5. The maximum atomic E-state index is 13.1. The minimum atomic E-state index is -0.328. The fourth-order valence-electron chi connectivity index (χ4n) is 2.51. The molecule has 0 aliphatic carbocycles. The Hall–Kier alpha value is -1.68. The molecule has 0 saturated carbocycles. The van der Waals surface area contributed by atoms with Crippen LogP contribution < -0.4 is 16.0 Å². The molecule has 0 saturated heterocycles. The van der Waals surface area contributed by atoms with E-state index in [1.165, 1.54) is 17.0 Å². The van der Waals surface area contributed by atoms with Gasteiger partial charge in [0.25, 0.3) is 0 Å². The van der Waals surface area contributed by atoms with Crippen LogP contribution in [0.4, 0.5) is 4.39 Å². The Kier molecular flexibility index (Phi) is 11.7. The van der Waals surface area contributed by atoms with Crippen molar-refractivity contribution >= 4 is 47.2 Å². The van der Waals surface area contributed by atoms with Crippen molar-refractivity contribution in [2.75, 3.05) is 26.2 Å². The van der Waals surface area contributed by atoms with Gasteiger partial charge >= 0.3 is 0 Å². The average molecular weight is 518 g/mol. The molecule has 2 rings (SSSR count). The number of carbonyl (C=O) groups is 1. The van der Waals surface area contributed by atoms with E-state index < -0.39 is 0 Å². The summed E-state index contributed by atoms with van der Waals surface area (Å²) < 4.78 is 13.1. The van der Waals surface area contributed by atoms with Crippen LogP contribution in [0, 0.1) is 5.82 Å². The standard InChI is InChI=1S/C20H27FN4OS.HI/c1-3-22-20(25-14-15(2)18-8-5-11-27-18)24-10-9-23-19(26)13-16-6-4-7-17(21)12-16;/h4-8,11-12,15H,3,9-10,13-14H2,1-2H3,(H,23,26)(H2,22,24,25);1H. The Morgan fingerprint density at radius 3 is 2.64 bits per heavy atom. The van der Waals surface area contributed by atoms with Crippen LogP contribution in [0.3, 0.4) is 0 Å². The molecule has 1 aromatic carbocycles. The Balaban J connectivity index is 0.00000392. The number of guanidine groups is 1. The third kappa shape index (κ3) is 9.01. The fraction of sp³-hybridized carbons (Fsp3) is 0.400. The molecule has 8 heteroatoms. The first-order chi connectivity index (χ1) is 13.1. The van der Waals surface area contributed by atoms with E-state index >= 15 is 0 Å². The summed E-state index contributed by atoms with van der Waals surface area (Å²) in [4.78, 5) is 17.9. The summed E-state index contributed by atoms with van der Waals surface area (Å²) in [6, 6.07) is 10.3. The second-order valence-electron chi connectivity index (χ2n) is 6.22. The maximum absolute atomic E-state index is 13.1. The third-order valence-corrected chi connectivity index (χ3v) is 4.99. The number of hydrogen-bond donors (Lipinski definition) is 3. The monoisotopic (exact) mass is 518 g/mol. The van der Waals surface area contributed by atoms with Crippen LogP contribution in [0.1, 0.15) is 30.2 Å². The Labute approximate surface area is 187 Å². The molecule has 0 aliphatic heterocycles. The molecule has 28 heavy (non-hydrogen) atoms. The summed E-state index contributed by atoms with van der Waals surface area (Å²) in [5.41, 5.74) is 0.665. The summed E-state index contributed by atoms with van der Waals surface area (Å²) in [6.45, 7) is 6.67. The molecule has 1 atom stereocenters. The fourth-order valence-corrected chi connectivity index (χ4v) is 3.29. The van der Waals surface area contributed by atoms with E-state index in [-0.39, 0.29) is 42.1 Å². The van der Waals surface area contributed by atoms with Gasteiger partial charge in [0, 0.05) is 30.4 Å². The van der Waals surface area contributed by atoms with Gasteiger partial charge in [-0.1, -0.05) is 25.1 Å². The molecule has 0 spiro atoms. The van der Waals surface area contributed by atoms with Gasteiger partial charge in [0.1, 0.15) is 5.82 Å². The van der Waals surface area contributed by atoms with Crippen molar-refractivity contribution in [3.8, 4) is 0 Å². The van der Waals surface area contributed by atoms with Gasteiger partial charge in [-0.25, -0.2) is 4.39 Å². The highest BCUT2D eigenvalue weighted by atomic mass is 127. The van der Waals surface area contributed by atoms with Crippen molar-refractivity contribution in [3.63, 3.8) is 0 Å². The lowest BCUT2D eigenvalue weighted by Gasteiger charge is -2.13. The van der Waals surface area contributed by atoms with Crippen LogP contribution in [0.2, 0.25) is 0 Å². The normalized spacial score (nSPS) is 12.0. The average Bonchev–Trinajstić information content (AvgIpc) is 3.17. The molecular formula is C20H28FIN4OS. The van der Waals surface area contributed by atoms with Crippen molar-refractivity contribution in [2.24, 2.45) is 4.99 Å². The SMILES string of the molecule is CCNC(=NCC(C)c1cccs1)NCCNC(=O)Cc1cccc(F)c1.I. The number of amides is 1. The molecule has 1 aromatic heterocycles. The van der Waals surface area contributed by atoms with Crippen LogP contribution in [0.25, 0.3) is 0 Å². The number of hydrogen-bond acceptors (Lipinski definition) is 3. The lowest BCUT2D eigenvalue weighted by molar-refractivity contribution is -0.120. The Morgan fingerprint density at radius 1 is 1.18 bits per heavy atom. The summed E-state index contributed by atoms with van der Waals surface area (Å²) >= 11 is 1.74. The first-order valence-corrected chi connectivity index (χ1v) is 10.0. The van der Waals surface area contributed by atoms with Gasteiger partial charge in [0.05, 0.1) is 13.0 Å². The molecule has 1 heterocycles. The first-order valence-electron chi connectivity index (χ1n) is 9.15. The second-order valence-corrected chi connectivity index (χ2v) is 7.20. The number of aliphatic imine (C=N–C) groups is 1. The van der Waals surface area contributed by atoms with Crippen molar-refractivity contribution < 1.29 is 9.18 Å². The minimum absolute atomic E-state index is 0. The smallest absolute Gasteiger partial charge is 0.224 e. The zero-order valence-corrected chi connectivity index (χ0v) is 19.4. The molecule has 0 aliphatic rings. The molecule has 3 N–H and O–H groups in total. The number of nitrogens with one attached hydrogen (secondary N) is 3. The minimum Gasteiger partial charge on any atom is -0.357 e. The van der Waals surface area contributed by atoms with Gasteiger partial charge < -0.3 is 16.0 Å². The van der Waals surface area contributed by atoms with E-state index in [1.54, 1.807) is 23.5 Å². The summed E-state index contributed by atoms with van der Waals surface area (Å²) in [6.07, 6.45) is 0.171. The van der Waals surface area contributed by atoms with E-state index in [1.807, 2.05) is 6.92 Å².